The van der Waals surface area contributed by atoms with Gasteiger partial charge in [0.05, 0.1) is 5.39 Å². The lowest BCUT2D eigenvalue weighted by molar-refractivity contribution is -0.274. The molecule has 11 heteroatoms. The fraction of sp³-hybridized carbons (Fsp3) is 0.409. The molecule has 0 bridgehead atoms. The number of halogens is 3. The van der Waals surface area contributed by atoms with Crippen molar-refractivity contribution in [1.29, 1.82) is 0 Å². The van der Waals surface area contributed by atoms with E-state index in [4.69, 9.17) is 5.11 Å². The molecular weight excluding hydrogens is 439 g/mol. The summed E-state index contributed by atoms with van der Waals surface area (Å²) in [6.07, 6.45) is -0.834. The van der Waals surface area contributed by atoms with Gasteiger partial charge in [-0.1, -0.05) is 13.8 Å². The largest absolute Gasteiger partial charge is 0.573 e. The first-order valence-electron chi connectivity index (χ1n) is 10.5. The van der Waals surface area contributed by atoms with Crippen molar-refractivity contribution in [2.75, 3.05) is 11.9 Å². The fourth-order valence-electron chi connectivity index (χ4n) is 3.37. The van der Waals surface area contributed by atoms with E-state index in [2.05, 4.69) is 25.3 Å². The Labute approximate surface area is 188 Å². The van der Waals surface area contributed by atoms with E-state index in [1.807, 2.05) is 18.4 Å². The van der Waals surface area contributed by atoms with Crippen LogP contribution in [0.4, 0.5) is 24.7 Å². The lowest BCUT2D eigenvalue weighted by atomic mass is 10.0. The molecule has 0 fully saturated rings. The molecule has 3 N–H and O–H groups in total. The van der Waals surface area contributed by atoms with Crippen LogP contribution in [0.25, 0.3) is 11.0 Å². The lowest BCUT2D eigenvalue weighted by Gasteiger charge is -2.21. The van der Waals surface area contributed by atoms with E-state index in [-0.39, 0.29) is 36.6 Å². The van der Waals surface area contributed by atoms with Gasteiger partial charge < -0.3 is 25.0 Å². The molecule has 0 aliphatic heterocycles. The van der Waals surface area contributed by atoms with E-state index in [1.165, 1.54) is 30.6 Å². The lowest BCUT2D eigenvalue weighted by Crippen LogP contribution is -2.39. The van der Waals surface area contributed by atoms with Crippen molar-refractivity contribution in [1.82, 2.24) is 19.9 Å². The number of hydrogen-bond acceptors (Lipinski definition) is 6. The number of carbonyl (C=O) groups excluding carboxylic acids is 1. The first-order valence-corrected chi connectivity index (χ1v) is 10.5. The van der Waals surface area contributed by atoms with Crippen LogP contribution in [0.3, 0.4) is 0 Å². The third-order valence-electron chi connectivity index (χ3n) is 5.08. The molecule has 2 heterocycles. The van der Waals surface area contributed by atoms with Gasteiger partial charge in [-0.05, 0) is 42.7 Å². The topological polar surface area (TPSA) is 101 Å². The number of nitrogens with zero attached hydrogens (tertiary/aromatic N) is 3. The van der Waals surface area contributed by atoms with E-state index in [1.54, 1.807) is 12.3 Å². The minimum absolute atomic E-state index is 0.0101. The van der Waals surface area contributed by atoms with Crippen LogP contribution in [0.5, 0.6) is 5.75 Å². The third-order valence-corrected chi connectivity index (χ3v) is 5.08. The molecule has 0 spiro atoms. The Morgan fingerprint density at radius 1 is 1.18 bits per heavy atom. The zero-order valence-corrected chi connectivity index (χ0v) is 18.3. The Hall–Kier alpha value is -3.34. The molecule has 1 unspecified atom stereocenters. The summed E-state index contributed by atoms with van der Waals surface area (Å²) in [6, 6.07) is 7.04. The molecule has 1 atom stereocenters. The number of aryl methyl sites for hydroxylation is 1. The Morgan fingerprint density at radius 2 is 1.91 bits per heavy atom. The zero-order chi connectivity index (χ0) is 24.0. The summed E-state index contributed by atoms with van der Waals surface area (Å²) in [5.41, 5.74) is 1.15. The number of ether oxygens (including phenoxy) is 1. The number of nitrogens with one attached hydrogen (secondary N) is 2. The summed E-state index contributed by atoms with van der Waals surface area (Å²) >= 11 is 0. The maximum Gasteiger partial charge on any atom is 0.573 e. The number of fused-ring (bicyclic) bond motifs is 1. The van der Waals surface area contributed by atoms with Gasteiger partial charge in [-0.15, -0.1) is 13.2 Å². The van der Waals surface area contributed by atoms with Crippen molar-refractivity contribution in [2.45, 2.75) is 45.6 Å². The smallest absolute Gasteiger partial charge is 0.406 e. The average molecular weight is 465 g/mol. The number of hydrogen-bond donors (Lipinski definition) is 3. The molecule has 0 aliphatic rings. The first kappa shape index (κ1) is 24.3. The summed E-state index contributed by atoms with van der Waals surface area (Å²) in [4.78, 5) is 20.9. The van der Waals surface area contributed by atoms with Gasteiger partial charge in [0, 0.05) is 37.5 Å². The second-order valence-electron chi connectivity index (χ2n) is 7.85. The Morgan fingerprint density at radius 3 is 2.55 bits per heavy atom. The predicted molar refractivity (Wildman–Crippen MR) is 117 cm³/mol. The van der Waals surface area contributed by atoms with E-state index < -0.39 is 6.36 Å². The van der Waals surface area contributed by atoms with Gasteiger partial charge in [0.15, 0.2) is 0 Å². The molecule has 0 saturated carbocycles. The fourth-order valence-corrected chi connectivity index (χ4v) is 3.37. The molecule has 3 aromatic rings. The summed E-state index contributed by atoms with van der Waals surface area (Å²) < 4.78 is 42.7. The van der Waals surface area contributed by atoms with Gasteiger partial charge in [0.25, 0.3) is 0 Å². The maximum atomic E-state index is 12.4. The Balaban J connectivity index is 1.66. The summed E-state index contributed by atoms with van der Waals surface area (Å²) in [7, 11) is 0. The molecule has 0 aliphatic carbocycles. The molecule has 33 heavy (non-hydrogen) atoms. The standard InChI is InChI=1S/C22H26F3N5O3/c1-14(2)18(9-12-31)29-19(32)8-11-30-10-7-17-20(26-13-27-21(17)30)28-15-3-5-16(6-4-15)33-22(23,24)25/h3-7,10,13-14,18,31H,8-9,11-12H2,1-2H3,(H,29,32)(H,26,27,28). The SMILES string of the molecule is CC(C)C(CCO)NC(=O)CCn1ccc2c(Nc3ccc(OC(F)(F)F)cc3)ncnc21. The third kappa shape index (κ3) is 6.82. The van der Waals surface area contributed by atoms with Crippen molar-refractivity contribution in [3.05, 3.63) is 42.9 Å². The van der Waals surface area contributed by atoms with Crippen LogP contribution in [-0.2, 0) is 11.3 Å². The molecule has 2 aromatic heterocycles. The number of alkyl halides is 3. The van der Waals surface area contributed by atoms with Gasteiger partial charge in [-0.3, -0.25) is 4.79 Å². The molecule has 1 aromatic carbocycles. The van der Waals surface area contributed by atoms with Crippen LogP contribution >= 0.6 is 0 Å². The normalized spacial score (nSPS) is 12.7. The molecule has 0 saturated heterocycles. The highest BCUT2D eigenvalue weighted by molar-refractivity contribution is 5.89. The van der Waals surface area contributed by atoms with Crippen LogP contribution in [-0.4, -0.2) is 44.6 Å². The number of amides is 1. The zero-order valence-electron chi connectivity index (χ0n) is 18.3. The minimum atomic E-state index is -4.75. The van der Waals surface area contributed by atoms with Crippen molar-refractivity contribution in [3.8, 4) is 5.75 Å². The number of anilines is 2. The maximum absolute atomic E-state index is 12.4. The Bertz CT molecular complexity index is 1070. The number of aliphatic hydroxyl groups is 1. The average Bonchev–Trinajstić information content (AvgIpc) is 3.16. The number of benzene rings is 1. The number of rotatable bonds is 10. The monoisotopic (exact) mass is 465 g/mol. The highest BCUT2D eigenvalue weighted by atomic mass is 19.4. The predicted octanol–water partition coefficient (Wildman–Crippen LogP) is 3.99. The van der Waals surface area contributed by atoms with Gasteiger partial charge in [-0.25, -0.2) is 9.97 Å². The number of aliphatic hydroxyl groups excluding tert-OH is 1. The molecular formula is C22H26F3N5O3. The molecule has 3 rings (SSSR count). The van der Waals surface area contributed by atoms with Gasteiger partial charge in [0.1, 0.15) is 23.5 Å². The van der Waals surface area contributed by atoms with Gasteiger partial charge in [0.2, 0.25) is 5.91 Å². The van der Waals surface area contributed by atoms with E-state index in [0.29, 0.717) is 35.5 Å². The quantitative estimate of drug-likeness (QED) is 0.419. The highest BCUT2D eigenvalue weighted by Gasteiger charge is 2.31. The second-order valence-corrected chi connectivity index (χ2v) is 7.85. The second kappa shape index (κ2) is 10.5. The van der Waals surface area contributed by atoms with Crippen LogP contribution in [0.1, 0.15) is 26.7 Å². The van der Waals surface area contributed by atoms with E-state index in [0.717, 1.165) is 0 Å². The first-order chi connectivity index (χ1) is 15.7. The Kier molecular flexibility index (Phi) is 7.75. The minimum Gasteiger partial charge on any atom is -0.406 e. The summed E-state index contributed by atoms with van der Waals surface area (Å²) in [5, 5.41) is 15.9. The van der Waals surface area contributed by atoms with Crippen LogP contribution in [0.2, 0.25) is 0 Å². The summed E-state index contributed by atoms with van der Waals surface area (Å²) in [5.74, 6) is 0.265. The van der Waals surface area contributed by atoms with Crippen molar-refractivity contribution in [2.24, 2.45) is 5.92 Å². The number of aromatic nitrogens is 3. The van der Waals surface area contributed by atoms with Crippen molar-refractivity contribution in [3.63, 3.8) is 0 Å². The van der Waals surface area contributed by atoms with Gasteiger partial charge >= 0.3 is 6.36 Å². The van der Waals surface area contributed by atoms with Crippen molar-refractivity contribution >= 4 is 28.4 Å². The molecule has 0 radical (unpaired) electrons. The van der Waals surface area contributed by atoms with Gasteiger partial charge in [-0.2, -0.15) is 0 Å². The van der Waals surface area contributed by atoms with E-state index in [9.17, 15) is 18.0 Å². The van der Waals surface area contributed by atoms with Crippen molar-refractivity contribution < 1.29 is 27.8 Å². The van der Waals surface area contributed by atoms with Crippen LogP contribution in [0, 0.1) is 5.92 Å². The van der Waals surface area contributed by atoms with Crippen LogP contribution < -0.4 is 15.4 Å². The molecule has 178 valence electrons. The molecule has 8 nitrogen and oxygen atoms in total. The summed E-state index contributed by atoms with van der Waals surface area (Å²) in [6.45, 7) is 4.39. The highest BCUT2D eigenvalue weighted by Crippen LogP contribution is 2.27. The molecule has 1 amide bonds. The van der Waals surface area contributed by atoms with Crippen LogP contribution in [0.15, 0.2) is 42.9 Å². The number of carbonyl (C=O) groups is 1. The van der Waals surface area contributed by atoms with E-state index >= 15 is 0 Å².